The van der Waals surface area contributed by atoms with Crippen molar-refractivity contribution in [3.63, 3.8) is 0 Å². The van der Waals surface area contributed by atoms with Crippen LogP contribution in [0.2, 0.25) is 5.02 Å². The molecule has 1 aromatic heterocycles. The van der Waals surface area contributed by atoms with Gasteiger partial charge in [-0.15, -0.1) is 0 Å². The van der Waals surface area contributed by atoms with Gasteiger partial charge in [0.2, 0.25) is 0 Å². The van der Waals surface area contributed by atoms with Gasteiger partial charge in [-0.05, 0) is 35.7 Å². The molecule has 0 spiro atoms. The molecule has 1 amide bonds. The van der Waals surface area contributed by atoms with Crippen molar-refractivity contribution in [2.24, 2.45) is 0 Å². The minimum absolute atomic E-state index is 0.105. The number of nitrogens with zero attached hydrogens (tertiary/aromatic N) is 2. The number of hydrogen-bond donors (Lipinski definition) is 1. The zero-order valence-corrected chi connectivity index (χ0v) is 15.4. The third-order valence-electron chi connectivity index (χ3n) is 4.73. The van der Waals surface area contributed by atoms with Crippen LogP contribution in [0.4, 0.5) is 14.5 Å². The lowest BCUT2D eigenvalue weighted by Crippen LogP contribution is -2.29. The molecular weight excluding hydrogens is 372 g/mol. The number of halogens is 3. The van der Waals surface area contributed by atoms with E-state index in [-0.39, 0.29) is 17.5 Å². The molecular formula is C20H16ClF2N3O. The van der Waals surface area contributed by atoms with E-state index in [1.807, 2.05) is 26.0 Å². The number of carbonyl (C=O) groups excluding carboxylic acids is 1. The van der Waals surface area contributed by atoms with Crippen molar-refractivity contribution in [2.75, 3.05) is 4.90 Å². The highest BCUT2D eigenvalue weighted by Crippen LogP contribution is 2.44. The maximum atomic E-state index is 13.9. The van der Waals surface area contributed by atoms with E-state index in [0.29, 0.717) is 10.7 Å². The summed E-state index contributed by atoms with van der Waals surface area (Å²) in [5.74, 6) is -2.23. The summed E-state index contributed by atoms with van der Waals surface area (Å²) < 4.78 is 27.3. The monoisotopic (exact) mass is 387 g/mol. The van der Waals surface area contributed by atoms with Crippen LogP contribution >= 0.6 is 11.6 Å². The maximum Gasteiger partial charge on any atom is 0.280 e. The molecule has 4 rings (SSSR count). The topological polar surface area (TPSA) is 49.0 Å². The van der Waals surface area contributed by atoms with Crippen LogP contribution in [0.5, 0.6) is 0 Å². The number of aromatic amines is 1. The van der Waals surface area contributed by atoms with Gasteiger partial charge in [0, 0.05) is 28.0 Å². The Hall–Kier alpha value is -2.73. The predicted molar refractivity (Wildman–Crippen MR) is 99.1 cm³/mol. The average molecular weight is 388 g/mol. The summed E-state index contributed by atoms with van der Waals surface area (Å²) in [6.45, 7) is 3.99. The van der Waals surface area contributed by atoms with Gasteiger partial charge in [-0.25, -0.2) is 8.78 Å². The molecule has 1 aliphatic heterocycles. The number of fused-ring (bicyclic) bond motifs is 1. The number of rotatable bonds is 3. The quantitative estimate of drug-likeness (QED) is 0.670. The van der Waals surface area contributed by atoms with E-state index in [0.717, 1.165) is 29.0 Å². The second-order valence-corrected chi connectivity index (χ2v) is 7.22. The van der Waals surface area contributed by atoms with Crippen LogP contribution in [0.15, 0.2) is 42.5 Å². The van der Waals surface area contributed by atoms with Crippen LogP contribution in [-0.2, 0) is 0 Å². The molecule has 1 N–H and O–H groups in total. The second kappa shape index (κ2) is 6.46. The number of aromatic nitrogens is 2. The summed E-state index contributed by atoms with van der Waals surface area (Å²) in [5.41, 5.74) is 2.96. The lowest BCUT2D eigenvalue weighted by atomic mass is 9.95. The van der Waals surface area contributed by atoms with Crippen molar-refractivity contribution in [3.05, 3.63) is 81.6 Å². The number of anilines is 1. The molecule has 1 aliphatic rings. The van der Waals surface area contributed by atoms with E-state index in [9.17, 15) is 13.6 Å². The van der Waals surface area contributed by atoms with Crippen LogP contribution in [0.3, 0.4) is 0 Å². The van der Waals surface area contributed by atoms with E-state index in [4.69, 9.17) is 11.6 Å². The summed E-state index contributed by atoms with van der Waals surface area (Å²) in [5, 5.41) is 7.72. The highest BCUT2D eigenvalue weighted by molar-refractivity contribution is 6.30. The van der Waals surface area contributed by atoms with Crippen molar-refractivity contribution >= 4 is 23.2 Å². The summed E-state index contributed by atoms with van der Waals surface area (Å²) in [6.07, 6.45) is 0. The molecule has 0 aliphatic carbocycles. The van der Waals surface area contributed by atoms with E-state index < -0.39 is 17.7 Å². The molecule has 2 heterocycles. The number of carbonyl (C=O) groups is 1. The number of benzene rings is 2. The predicted octanol–water partition coefficient (Wildman–Crippen LogP) is 5.21. The third kappa shape index (κ3) is 2.80. The molecule has 1 unspecified atom stereocenters. The molecule has 7 heteroatoms. The zero-order chi connectivity index (χ0) is 19.3. The molecule has 4 nitrogen and oxygen atoms in total. The van der Waals surface area contributed by atoms with Crippen molar-refractivity contribution in [2.45, 2.75) is 25.8 Å². The molecule has 138 valence electrons. The van der Waals surface area contributed by atoms with Gasteiger partial charge in [0.1, 0.15) is 0 Å². The molecule has 3 aromatic rings. The Morgan fingerprint density at radius 1 is 1.11 bits per heavy atom. The molecule has 0 bridgehead atoms. The van der Waals surface area contributed by atoms with Crippen LogP contribution in [-0.4, -0.2) is 16.1 Å². The first-order valence-corrected chi connectivity index (χ1v) is 8.88. The minimum atomic E-state index is -1.01. The van der Waals surface area contributed by atoms with Crippen LogP contribution in [0.1, 0.15) is 53.1 Å². The Labute approximate surface area is 159 Å². The lowest BCUT2D eigenvalue weighted by Gasteiger charge is -2.27. The van der Waals surface area contributed by atoms with Crippen molar-refractivity contribution < 1.29 is 13.6 Å². The van der Waals surface area contributed by atoms with E-state index >= 15 is 0 Å². The fourth-order valence-electron chi connectivity index (χ4n) is 3.47. The normalized spacial score (nSPS) is 16.3. The smallest absolute Gasteiger partial charge is 0.280 e. The SMILES string of the molecule is CC(C)c1[nH]nc2c1C(c1ccc(Cl)cc1)N(c1ccc(F)c(F)c1)C2=O. The fourth-order valence-corrected chi connectivity index (χ4v) is 3.59. The molecule has 27 heavy (non-hydrogen) atoms. The van der Waals surface area contributed by atoms with E-state index in [1.54, 1.807) is 12.1 Å². The largest absolute Gasteiger partial charge is 0.295 e. The second-order valence-electron chi connectivity index (χ2n) is 6.78. The highest BCUT2D eigenvalue weighted by atomic mass is 35.5. The van der Waals surface area contributed by atoms with E-state index in [1.165, 1.54) is 11.0 Å². The standard InChI is InChI=1S/C20H16ClF2N3O/c1-10(2)17-16-18(25-24-17)20(27)26(13-7-8-14(22)15(23)9-13)19(16)11-3-5-12(21)6-4-11/h3-10,19H,1-2H3,(H,24,25). The van der Waals surface area contributed by atoms with Gasteiger partial charge in [-0.1, -0.05) is 37.6 Å². The average Bonchev–Trinajstić information content (AvgIpc) is 3.18. The lowest BCUT2D eigenvalue weighted by molar-refractivity contribution is 0.0988. The number of nitrogens with one attached hydrogen (secondary N) is 1. The summed E-state index contributed by atoms with van der Waals surface area (Å²) in [4.78, 5) is 14.5. The summed E-state index contributed by atoms with van der Waals surface area (Å²) >= 11 is 6.01. The molecule has 2 aromatic carbocycles. The van der Waals surface area contributed by atoms with Crippen molar-refractivity contribution in [1.29, 1.82) is 0 Å². The Balaban J connectivity index is 1.93. The van der Waals surface area contributed by atoms with Crippen LogP contribution in [0.25, 0.3) is 0 Å². The number of amides is 1. The van der Waals surface area contributed by atoms with Gasteiger partial charge in [-0.3, -0.25) is 14.8 Å². The molecule has 0 fully saturated rings. The third-order valence-corrected chi connectivity index (χ3v) is 4.98. The maximum absolute atomic E-state index is 13.9. The van der Waals surface area contributed by atoms with Crippen molar-refractivity contribution in [3.8, 4) is 0 Å². The van der Waals surface area contributed by atoms with Gasteiger partial charge in [0.25, 0.3) is 5.91 Å². The zero-order valence-electron chi connectivity index (χ0n) is 14.6. The highest BCUT2D eigenvalue weighted by Gasteiger charge is 2.43. The van der Waals surface area contributed by atoms with E-state index in [2.05, 4.69) is 10.2 Å². The van der Waals surface area contributed by atoms with Gasteiger partial charge in [0.05, 0.1) is 6.04 Å². The molecule has 0 saturated carbocycles. The Kier molecular flexibility index (Phi) is 4.23. The van der Waals surface area contributed by atoms with Crippen molar-refractivity contribution in [1.82, 2.24) is 10.2 Å². The molecule has 1 atom stereocenters. The fraction of sp³-hybridized carbons (Fsp3) is 0.200. The molecule has 0 radical (unpaired) electrons. The number of hydrogen-bond acceptors (Lipinski definition) is 2. The minimum Gasteiger partial charge on any atom is -0.295 e. The Morgan fingerprint density at radius 2 is 1.81 bits per heavy atom. The van der Waals surface area contributed by atoms with Gasteiger partial charge >= 0.3 is 0 Å². The van der Waals surface area contributed by atoms with Gasteiger partial charge in [-0.2, -0.15) is 5.10 Å². The first-order chi connectivity index (χ1) is 12.9. The van der Waals surface area contributed by atoms with Crippen LogP contribution < -0.4 is 4.90 Å². The number of H-pyrrole nitrogens is 1. The van der Waals surface area contributed by atoms with Gasteiger partial charge in [0.15, 0.2) is 17.3 Å². The Bertz CT molecular complexity index is 1030. The van der Waals surface area contributed by atoms with Crippen LogP contribution in [0, 0.1) is 11.6 Å². The first kappa shape index (κ1) is 17.7. The van der Waals surface area contributed by atoms with Gasteiger partial charge < -0.3 is 0 Å². The Morgan fingerprint density at radius 3 is 2.44 bits per heavy atom. The summed E-state index contributed by atoms with van der Waals surface area (Å²) in [7, 11) is 0. The first-order valence-electron chi connectivity index (χ1n) is 8.50. The summed E-state index contributed by atoms with van der Waals surface area (Å²) in [6, 6.07) is 10.0. The molecule has 0 saturated heterocycles.